The van der Waals surface area contributed by atoms with Gasteiger partial charge in [0.2, 0.25) is 5.91 Å². The molecule has 0 spiro atoms. The minimum atomic E-state index is -2.89. The number of nitrogens with one attached hydrogen (secondary N) is 1. The Balaban J connectivity index is 1.81. The van der Waals surface area contributed by atoms with Crippen LogP contribution < -0.4 is 11.1 Å². The summed E-state index contributed by atoms with van der Waals surface area (Å²) in [5.74, 6) is 0.180. The second-order valence-corrected chi connectivity index (χ2v) is 7.51. The van der Waals surface area contributed by atoms with Gasteiger partial charge in [0.15, 0.2) is 0 Å². The van der Waals surface area contributed by atoms with Crippen molar-refractivity contribution in [2.75, 3.05) is 11.5 Å². The molecule has 0 bridgehead atoms. The molecule has 1 amide bonds. The average Bonchev–Trinajstić information content (AvgIpc) is 2.63. The van der Waals surface area contributed by atoms with Crippen LogP contribution in [0.1, 0.15) is 32.1 Å². The molecular formula is C11H20N2O3S. The van der Waals surface area contributed by atoms with Crippen molar-refractivity contribution in [3.8, 4) is 0 Å². The zero-order chi connectivity index (χ0) is 12.5. The highest BCUT2D eigenvalue weighted by Gasteiger charge is 2.31. The van der Waals surface area contributed by atoms with Gasteiger partial charge in [0.25, 0.3) is 0 Å². The first-order valence-electron chi connectivity index (χ1n) is 6.22. The summed E-state index contributed by atoms with van der Waals surface area (Å²) in [5.41, 5.74) is 5.78. The molecule has 1 aliphatic carbocycles. The number of carbonyl (C=O) groups is 1. The molecule has 2 rings (SSSR count). The van der Waals surface area contributed by atoms with Gasteiger partial charge in [0.05, 0.1) is 11.5 Å². The number of carbonyl (C=O) groups excluding carboxylic acids is 1. The van der Waals surface area contributed by atoms with Gasteiger partial charge in [-0.25, -0.2) is 8.42 Å². The molecule has 2 aliphatic rings. The van der Waals surface area contributed by atoms with E-state index in [4.69, 9.17) is 5.73 Å². The summed E-state index contributed by atoms with van der Waals surface area (Å²) >= 11 is 0. The summed E-state index contributed by atoms with van der Waals surface area (Å²) in [4.78, 5) is 11.9. The van der Waals surface area contributed by atoms with Gasteiger partial charge in [0.1, 0.15) is 9.84 Å². The summed E-state index contributed by atoms with van der Waals surface area (Å²) in [5, 5.41) is 2.99. The highest BCUT2D eigenvalue weighted by molar-refractivity contribution is 7.91. The first-order chi connectivity index (χ1) is 7.96. The first-order valence-corrected chi connectivity index (χ1v) is 8.05. The van der Waals surface area contributed by atoms with E-state index in [1.165, 1.54) is 0 Å². The smallest absolute Gasteiger partial charge is 0.223 e. The van der Waals surface area contributed by atoms with E-state index >= 15 is 0 Å². The Hall–Kier alpha value is -0.620. The number of nitrogens with two attached hydrogens (primary N) is 1. The predicted molar refractivity (Wildman–Crippen MR) is 65.1 cm³/mol. The second kappa shape index (κ2) is 4.94. The molecule has 0 aromatic rings. The van der Waals surface area contributed by atoms with Crippen molar-refractivity contribution in [3.63, 3.8) is 0 Å². The van der Waals surface area contributed by atoms with Crippen molar-refractivity contribution in [1.29, 1.82) is 0 Å². The summed E-state index contributed by atoms with van der Waals surface area (Å²) in [6.07, 6.45) is 3.68. The predicted octanol–water partition coefficient (Wildman–Crippen LogP) is -0.193. The molecule has 5 nitrogen and oxygen atoms in total. The summed E-state index contributed by atoms with van der Waals surface area (Å²) in [6.45, 7) is 0. The topological polar surface area (TPSA) is 89.3 Å². The Bertz CT molecular complexity index is 380. The molecule has 3 N–H and O–H groups in total. The van der Waals surface area contributed by atoms with Crippen molar-refractivity contribution in [1.82, 2.24) is 5.32 Å². The fraction of sp³-hybridized carbons (Fsp3) is 0.909. The zero-order valence-electron chi connectivity index (χ0n) is 9.89. The Morgan fingerprint density at radius 3 is 2.29 bits per heavy atom. The lowest BCUT2D eigenvalue weighted by atomic mass is 10.0. The molecule has 2 atom stereocenters. The monoisotopic (exact) mass is 260 g/mol. The Kier molecular flexibility index (Phi) is 3.73. The molecule has 0 radical (unpaired) electrons. The molecule has 1 saturated carbocycles. The SMILES string of the molecule is N[C@H]1CC[C@H](NC(=O)C2CCS(=O)(=O)CC2)C1. The minimum absolute atomic E-state index is 0.0130. The van der Waals surface area contributed by atoms with Crippen LogP contribution in [-0.2, 0) is 14.6 Å². The largest absolute Gasteiger partial charge is 0.353 e. The van der Waals surface area contributed by atoms with Crippen LogP contribution in [0.3, 0.4) is 0 Å². The molecule has 1 saturated heterocycles. The molecule has 0 aromatic heterocycles. The van der Waals surface area contributed by atoms with Crippen LogP contribution in [0.15, 0.2) is 0 Å². The molecule has 6 heteroatoms. The second-order valence-electron chi connectivity index (χ2n) is 5.20. The van der Waals surface area contributed by atoms with Gasteiger partial charge in [-0.05, 0) is 32.1 Å². The third-order valence-electron chi connectivity index (χ3n) is 3.74. The Labute approximate surface area is 102 Å². The van der Waals surface area contributed by atoms with E-state index in [2.05, 4.69) is 5.32 Å². The average molecular weight is 260 g/mol. The standard InChI is InChI=1S/C11H20N2O3S/c12-9-1-2-10(7-9)13-11(14)8-3-5-17(15,16)6-4-8/h8-10H,1-7,12H2,(H,13,14)/t9-,10-/m0/s1. The third-order valence-corrected chi connectivity index (χ3v) is 5.46. The van der Waals surface area contributed by atoms with Crippen LogP contribution in [-0.4, -0.2) is 37.9 Å². The number of rotatable bonds is 2. The maximum atomic E-state index is 11.9. The third kappa shape index (κ3) is 3.42. The number of amides is 1. The fourth-order valence-electron chi connectivity index (χ4n) is 2.62. The van der Waals surface area contributed by atoms with Crippen LogP contribution in [0, 0.1) is 5.92 Å². The van der Waals surface area contributed by atoms with Crippen LogP contribution in [0.4, 0.5) is 0 Å². The quantitative estimate of drug-likeness (QED) is 0.720. The van der Waals surface area contributed by atoms with Crippen LogP contribution >= 0.6 is 0 Å². The van der Waals surface area contributed by atoms with Gasteiger partial charge < -0.3 is 11.1 Å². The molecular weight excluding hydrogens is 240 g/mol. The molecule has 2 fully saturated rings. The van der Waals surface area contributed by atoms with Gasteiger partial charge in [-0.2, -0.15) is 0 Å². The van der Waals surface area contributed by atoms with Crippen LogP contribution in [0.5, 0.6) is 0 Å². The van der Waals surface area contributed by atoms with E-state index in [1.807, 2.05) is 0 Å². The maximum absolute atomic E-state index is 11.9. The van der Waals surface area contributed by atoms with Crippen molar-refractivity contribution < 1.29 is 13.2 Å². The molecule has 17 heavy (non-hydrogen) atoms. The maximum Gasteiger partial charge on any atom is 0.223 e. The molecule has 1 aliphatic heterocycles. The van der Waals surface area contributed by atoms with Gasteiger partial charge >= 0.3 is 0 Å². The number of hydrogen-bond donors (Lipinski definition) is 2. The molecule has 0 aromatic carbocycles. The van der Waals surface area contributed by atoms with E-state index in [0.717, 1.165) is 19.3 Å². The van der Waals surface area contributed by atoms with E-state index in [1.54, 1.807) is 0 Å². The zero-order valence-corrected chi connectivity index (χ0v) is 10.7. The van der Waals surface area contributed by atoms with Crippen LogP contribution in [0.2, 0.25) is 0 Å². The summed E-state index contributed by atoms with van der Waals surface area (Å²) in [7, 11) is -2.89. The number of hydrogen-bond acceptors (Lipinski definition) is 4. The normalized spacial score (nSPS) is 33.5. The van der Waals surface area contributed by atoms with Gasteiger partial charge in [0, 0.05) is 18.0 Å². The highest BCUT2D eigenvalue weighted by atomic mass is 32.2. The summed E-state index contributed by atoms with van der Waals surface area (Å²) in [6, 6.07) is 0.392. The highest BCUT2D eigenvalue weighted by Crippen LogP contribution is 2.21. The van der Waals surface area contributed by atoms with E-state index in [9.17, 15) is 13.2 Å². The fourth-order valence-corrected chi connectivity index (χ4v) is 4.11. The first kappa shape index (κ1) is 12.8. The minimum Gasteiger partial charge on any atom is -0.353 e. The summed E-state index contributed by atoms with van der Waals surface area (Å²) < 4.78 is 22.5. The molecule has 1 heterocycles. The van der Waals surface area contributed by atoms with Gasteiger partial charge in [-0.15, -0.1) is 0 Å². The lowest BCUT2D eigenvalue weighted by Gasteiger charge is -2.23. The van der Waals surface area contributed by atoms with E-state index < -0.39 is 9.84 Å². The van der Waals surface area contributed by atoms with Crippen LogP contribution in [0.25, 0.3) is 0 Å². The van der Waals surface area contributed by atoms with Gasteiger partial charge in [-0.3, -0.25) is 4.79 Å². The van der Waals surface area contributed by atoms with Crippen molar-refractivity contribution in [3.05, 3.63) is 0 Å². The molecule has 98 valence electrons. The van der Waals surface area contributed by atoms with Gasteiger partial charge in [-0.1, -0.05) is 0 Å². The Morgan fingerprint density at radius 1 is 1.12 bits per heavy atom. The van der Waals surface area contributed by atoms with E-state index in [-0.39, 0.29) is 35.4 Å². The van der Waals surface area contributed by atoms with Crippen molar-refractivity contribution in [2.45, 2.75) is 44.2 Å². The lowest BCUT2D eigenvalue weighted by Crippen LogP contribution is -2.41. The number of sulfone groups is 1. The Morgan fingerprint density at radius 2 is 1.76 bits per heavy atom. The van der Waals surface area contributed by atoms with Crippen molar-refractivity contribution in [2.24, 2.45) is 11.7 Å². The lowest BCUT2D eigenvalue weighted by molar-refractivity contribution is -0.125. The van der Waals surface area contributed by atoms with Crippen molar-refractivity contribution >= 4 is 15.7 Å². The van der Waals surface area contributed by atoms with E-state index in [0.29, 0.717) is 12.8 Å². The molecule has 0 unspecified atom stereocenters.